The van der Waals surface area contributed by atoms with Gasteiger partial charge in [0.25, 0.3) is 0 Å². The van der Waals surface area contributed by atoms with Crippen molar-refractivity contribution >= 4 is 0 Å². The molecule has 0 aromatic heterocycles. The normalized spacial score (nSPS) is 39.1. The number of aliphatic hydroxyl groups is 3. The molecule has 110 valence electrons. The molecule has 0 bridgehead atoms. The maximum absolute atomic E-state index is 9.92. The number of hydrazine groups is 2. The minimum absolute atomic E-state index is 0.307. The van der Waals surface area contributed by atoms with Gasteiger partial charge in [0, 0.05) is 19.0 Å². The second-order valence-electron chi connectivity index (χ2n) is 4.65. The molecule has 1 fully saturated rings. The van der Waals surface area contributed by atoms with Gasteiger partial charge in [0.05, 0.1) is 6.54 Å². The van der Waals surface area contributed by atoms with Gasteiger partial charge in [-0.3, -0.25) is 5.01 Å². The zero-order valence-electron chi connectivity index (χ0n) is 11.0. The lowest BCUT2D eigenvalue weighted by Gasteiger charge is -2.40. The highest BCUT2D eigenvalue weighted by Gasteiger charge is 2.44. The predicted molar refractivity (Wildman–Crippen MR) is 65.0 cm³/mol. The lowest BCUT2D eigenvalue weighted by atomic mass is 9.99. The third-order valence-corrected chi connectivity index (χ3v) is 3.33. The summed E-state index contributed by atoms with van der Waals surface area (Å²) in [4.78, 5) is 0. The van der Waals surface area contributed by atoms with E-state index in [0.717, 1.165) is 12.1 Å². The van der Waals surface area contributed by atoms with Gasteiger partial charge in [-0.1, -0.05) is 6.92 Å². The minimum Gasteiger partial charge on any atom is -0.388 e. The number of rotatable bonds is 4. The van der Waals surface area contributed by atoms with E-state index in [2.05, 4.69) is 11.0 Å². The molecule has 2 heterocycles. The van der Waals surface area contributed by atoms with E-state index in [1.54, 1.807) is 5.01 Å². The number of aliphatic hydroxyl groups excluding tert-OH is 3. The minimum atomic E-state index is -1.30. The number of methoxy groups -OCH3 is 1. The molecule has 0 spiro atoms. The van der Waals surface area contributed by atoms with Crippen LogP contribution in [0.5, 0.6) is 0 Å². The van der Waals surface area contributed by atoms with Gasteiger partial charge in [-0.2, -0.15) is 0 Å². The molecule has 5 N–H and O–H groups in total. The van der Waals surface area contributed by atoms with Gasteiger partial charge in [0.2, 0.25) is 0 Å². The molecule has 8 heteroatoms. The Morgan fingerprint density at radius 2 is 2.05 bits per heavy atom. The van der Waals surface area contributed by atoms with Crippen LogP contribution in [-0.2, 0) is 9.47 Å². The highest BCUT2D eigenvalue weighted by molar-refractivity contribution is 5.02. The van der Waals surface area contributed by atoms with Crippen LogP contribution in [0.25, 0.3) is 0 Å². The van der Waals surface area contributed by atoms with Gasteiger partial charge in [-0.15, -0.1) is 5.53 Å². The Kier molecular flexibility index (Phi) is 4.61. The monoisotopic (exact) mass is 275 g/mol. The highest BCUT2D eigenvalue weighted by Crippen LogP contribution is 2.22. The summed E-state index contributed by atoms with van der Waals surface area (Å²) >= 11 is 0. The van der Waals surface area contributed by atoms with Gasteiger partial charge in [0.15, 0.2) is 6.29 Å². The number of hydrogen-bond acceptors (Lipinski definition) is 8. The first kappa shape index (κ1) is 14.5. The van der Waals surface area contributed by atoms with E-state index in [1.807, 2.05) is 13.1 Å². The van der Waals surface area contributed by atoms with Crippen LogP contribution in [0.4, 0.5) is 0 Å². The molecule has 19 heavy (non-hydrogen) atoms. The molecule has 0 aliphatic carbocycles. The molecular formula is C11H21N3O5. The first-order valence-electron chi connectivity index (χ1n) is 6.28. The summed E-state index contributed by atoms with van der Waals surface area (Å²) < 4.78 is 10.4. The zero-order valence-corrected chi connectivity index (χ0v) is 11.0. The molecule has 0 aromatic carbocycles. The van der Waals surface area contributed by atoms with Gasteiger partial charge < -0.3 is 30.2 Å². The van der Waals surface area contributed by atoms with Crippen LogP contribution < -0.4 is 11.0 Å². The molecule has 2 rings (SSSR count). The SMILES string of the molecule is CCC1=CN(C[C@H]2O[C@H](OC)[C@H](O)[C@@H](O)[C@@H]2O)NN1. The van der Waals surface area contributed by atoms with E-state index < -0.39 is 30.7 Å². The van der Waals surface area contributed by atoms with Crippen molar-refractivity contribution in [2.75, 3.05) is 13.7 Å². The maximum atomic E-state index is 9.92. The van der Waals surface area contributed by atoms with Gasteiger partial charge in [0.1, 0.15) is 24.4 Å². The topological polar surface area (TPSA) is 106 Å². The summed E-state index contributed by atoms with van der Waals surface area (Å²) in [6, 6.07) is 0. The van der Waals surface area contributed by atoms with Crippen LogP contribution in [0.1, 0.15) is 13.3 Å². The van der Waals surface area contributed by atoms with Crippen LogP contribution >= 0.6 is 0 Å². The van der Waals surface area contributed by atoms with Crippen LogP contribution in [0.2, 0.25) is 0 Å². The number of ether oxygens (including phenoxy) is 2. The van der Waals surface area contributed by atoms with Crippen molar-refractivity contribution in [2.45, 2.75) is 44.1 Å². The van der Waals surface area contributed by atoms with E-state index in [-0.39, 0.29) is 0 Å². The highest BCUT2D eigenvalue weighted by atomic mass is 16.7. The van der Waals surface area contributed by atoms with Crippen molar-refractivity contribution in [3.63, 3.8) is 0 Å². The van der Waals surface area contributed by atoms with E-state index >= 15 is 0 Å². The van der Waals surface area contributed by atoms with Crippen molar-refractivity contribution in [3.8, 4) is 0 Å². The number of nitrogens with one attached hydrogen (secondary N) is 2. The Balaban J connectivity index is 1.97. The smallest absolute Gasteiger partial charge is 0.186 e. The van der Waals surface area contributed by atoms with Crippen molar-refractivity contribution < 1.29 is 24.8 Å². The molecule has 2 aliphatic rings. The summed E-state index contributed by atoms with van der Waals surface area (Å²) in [5.74, 6) is 0. The average Bonchev–Trinajstić information content (AvgIpc) is 2.87. The lowest BCUT2D eigenvalue weighted by molar-refractivity contribution is -0.291. The molecule has 0 unspecified atom stereocenters. The fraction of sp³-hybridized carbons (Fsp3) is 0.818. The zero-order chi connectivity index (χ0) is 14.0. The summed E-state index contributed by atoms with van der Waals surface area (Å²) in [5.41, 5.74) is 6.87. The van der Waals surface area contributed by atoms with Gasteiger partial charge in [-0.05, 0) is 6.42 Å². The van der Waals surface area contributed by atoms with Gasteiger partial charge in [-0.25, -0.2) is 0 Å². The third kappa shape index (κ3) is 2.99. The number of nitrogens with zero attached hydrogens (tertiary/aromatic N) is 1. The standard InChI is InChI=1S/C11H21N3O5/c1-3-6-4-14(13-12-6)5-7-8(15)9(16)10(17)11(18-2)19-7/h4,7-13,15-17H,3,5H2,1-2H3/t7-,8-,9+,10-,11+/m1/s1. The largest absolute Gasteiger partial charge is 0.388 e. The lowest BCUT2D eigenvalue weighted by Crippen LogP contribution is -2.60. The fourth-order valence-corrected chi connectivity index (χ4v) is 2.13. The summed E-state index contributed by atoms with van der Waals surface area (Å²) in [7, 11) is 1.38. The van der Waals surface area contributed by atoms with Crippen LogP contribution in [-0.4, -0.2) is 64.7 Å². The quantitative estimate of drug-likeness (QED) is 0.402. The molecule has 5 atom stereocenters. The summed E-state index contributed by atoms with van der Waals surface area (Å²) in [6.45, 7) is 2.32. The van der Waals surface area contributed by atoms with Crippen LogP contribution in [0, 0.1) is 0 Å². The number of hydrogen-bond donors (Lipinski definition) is 5. The van der Waals surface area contributed by atoms with E-state index in [0.29, 0.717) is 6.54 Å². The first-order valence-corrected chi connectivity index (χ1v) is 6.28. The fourth-order valence-electron chi connectivity index (χ4n) is 2.13. The molecule has 0 aromatic rings. The second kappa shape index (κ2) is 6.04. The maximum Gasteiger partial charge on any atom is 0.186 e. The Bertz CT molecular complexity index is 338. The molecule has 0 radical (unpaired) electrons. The molecule has 0 saturated carbocycles. The predicted octanol–water partition coefficient (Wildman–Crippen LogP) is -1.98. The van der Waals surface area contributed by atoms with E-state index in [4.69, 9.17) is 9.47 Å². The molecular weight excluding hydrogens is 254 g/mol. The average molecular weight is 275 g/mol. The van der Waals surface area contributed by atoms with E-state index in [1.165, 1.54) is 7.11 Å². The van der Waals surface area contributed by atoms with Crippen LogP contribution in [0.3, 0.4) is 0 Å². The Labute approximate surface area is 111 Å². The first-order chi connectivity index (χ1) is 9.06. The molecule has 0 amide bonds. The van der Waals surface area contributed by atoms with E-state index in [9.17, 15) is 15.3 Å². The third-order valence-electron chi connectivity index (χ3n) is 3.33. The summed E-state index contributed by atoms with van der Waals surface area (Å²) in [5, 5.41) is 31.0. The molecule has 1 saturated heterocycles. The molecule has 8 nitrogen and oxygen atoms in total. The summed E-state index contributed by atoms with van der Waals surface area (Å²) in [6.07, 6.45) is -2.66. The Morgan fingerprint density at radius 3 is 2.63 bits per heavy atom. The van der Waals surface area contributed by atoms with Crippen molar-refractivity contribution in [1.29, 1.82) is 0 Å². The van der Waals surface area contributed by atoms with Crippen molar-refractivity contribution in [1.82, 2.24) is 16.0 Å². The number of allylic oxidation sites excluding steroid dienone is 1. The van der Waals surface area contributed by atoms with Gasteiger partial charge >= 0.3 is 0 Å². The van der Waals surface area contributed by atoms with Crippen molar-refractivity contribution in [2.24, 2.45) is 0 Å². The van der Waals surface area contributed by atoms with Crippen LogP contribution in [0.15, 0.2) is 11.9 Å². The molecule has 2 aliphatic heterocycles. The van der Waals surface area contributed by atoms with Crippen molar-refractivity contribution in [3.05, 3.63) is 11.9 Å². The Hall–Kier alpha value is -0.900. The Morgan fingerprint density at radius 1 is 1.32 bits per heavy atom. The second-order valence-corrected chi connectivity index (χ2v) is 4.65.